The molecule has 4 rings (SSSR count). The van der Waals surface area contributed by atoms with Crippen LogP contribution in [0.2, 0.25) is 5.02 Å². The Bertz CT molecular complexity index is 1330. The molecule has 0 unspecified atom stereocenters. The summed E-state index contributed by atoms with van der Waals surface area (Å²) in [5.41, 5.74) is -0.171. The molecule has 40 heavy (non-hydrogen) atoms. The van der Waals surface area contributed by atoms with Gasteiger partial charge in [-0.2, -0.15) is 17.8 Å². The number of ether oxygens (including phenoxy) is 2. The molecule has 1 aromatic carbocycles. The van der Waals surface area contributed by atoms with Crippen LogP contribution in [0.5, 0.6) is 0 Å². The minimum absolute atomic E-state index is 0.00387. The van der Waals surface area contributed by atoms with E-state index < -0.39 is 27.5 Å². The smallest absolute Gasteiger partial charge is 0.407 e. The predicted molar refractivity (Wildman–Crippen MR) is 153 cm³/mol. The van der Waals surface area contributed by atoms with Gasteiger partial charge in [-0.15, -0.1) is 0 Å². The van der Waals surface area contributed by atoms with Crippen molar-refractivity contribution in [2.75, 3.05) is 42.9 Å². The van der Waals surface area contributed by atoms with Crippen LogP contribution in [0.1, 0.15) is 46.1 Å². The summed E-state index contributed by atoms with van der Waals surface area (Å²) < 4.78 is 41.8. The molecule has 2 fully saturated rings. The Kier molecular flexibility index (Phi) is 9.60. The number of carbonyl (C=O) groups excluding carboxylic acids is 1. The van der Waals surface area contributed by atoms with E-state index in [1.54, 1.807) is 45.0 Å². The number of halogens is 1. The van der Waals surface area contributed by atoms with E-state index in [0.29, 0.717) is 50.4 Å². The standard InChI is InChI=1S/C26H37ClN6O6S/c1-26(2,3)39-25(35)30-21-11-14-38-17-18(21)15-28-22-16-29-33(24(34)23(22)27)20-9-12-32(13-10-20)40(36,37)31-19-7-5-4-6-8-19/h4-8,16,18,20-21,28,31H,9-15,17H2,1-3H3,(H,30,35)/t18-,21+/m0/s1. The van der Waals surface area contributed by atoms with E-state index in [0.717, 1.165) is 0 Å². The van der Waals surface area contributed by atoms with Crippen LogP contribution in [0.25, 0.3) is 0 Å². The maximum Gasteiger partial charge on any atom is 0.407 e. The fourth-order valence-corrected chi connectivity index (χ4v) is 6.22. The number of nitrogens with zero attached hydrogens (tertiary/aromatic N) is 3. The Morgan fingerprint density at radius 3 is 2.55 bits per heavy atom. The second-order valence-corrected chi connectivity index (χ2v) is 13.0. The maximum atomic E-state index is 13.1. The van der Waals surface area contributed by atoms with Crippen LogP contribution in [0.3, 0.4) is 0 Å². The summed E-state index contributed by atoms with van der Waals surface area (Å²) in [4.78, 5) is 25.4. The fraction of sp³-hybridized carbons (Fsp3) is 0.577. The van der Waals surface area contributed by atoms with E-state index >= 15 is 0 Å². The van der Waals surface area contributed by atoms with Gasteiger partial charge < -0.3 is 20.1 Å². The van der Waals surface area contributed by atoms with Gasteiger partial charge in [-0.3, -0.25) is 9.52 Å². The van der Waals surface area contributed by atoms with Crippen LogP contribution in [0.4, 0.5) is 16.2 Å². The lowest BCUT2D eigenvalue weighted by molar-refractivity contribution is 0.0210. The molecular formula is C26H37ClN6O6S. The molecule has 2 saturated heterocycles. The number of benzene rings is 1. The first kappa shape index (κ1) is 30.1. The van der Waals surface area contributed by atoms with Gasteiger partial charge in [-0.1, -0.05) is 29.8 Å². The average molecular weight is 597 g/mol. The van der Waals surface area contributed by atoms with Gasteiger partial charge in [0, 0.05) is 43.9 Å². The average Bonchev–Trinajstić information content (AvgIpc) is 2.90. The summed E-state index contributed by atoms with van der Waals surface area (Å²) in [5.74, 6) is -0.0736. The Hall–Kier alpha value is -2.87. The molecule has 2 aromatic rings. The number of nitrogens with one attached hydrogen (secondary N) is 3. The Morgan fingerprint density at radius 1 is 1.18 bits per heavy atom. The van der Waals surface area contributed by atoms with Crippen molar-refractivity contribution in [3.8, 4) is 0 Å². The number of rotatable bonds is 8. The third-order valence-electron chi connectivity index (χ3n) is 6.80. The first-order valence-corrected chi connectivity index (χ1v) is 15.2. The van der Waals surface area contributed by atoms with Crippen molar-refractivity contribution in [2.45, 2.75) is 57.7 Å². The van der Waals surface area contributed by atoms with Crippen molar-refractivity contribution in [1.29, 1.82) is 0 Å². The fourth-order valence-electron chi connectivity index (χ4n) is 4.76. The van der Waals surface area contributed by atoms with E-state index in [-0.39, 0.29) is 36.1 Å². The zero-order valence-electron chi connectivity index (χ0n) is 22.9. The molecular weight excluding hydrogens is 560 g/mol. The molecule has 1 amide bonds. The maximum absolute atomic E-state index is 13.1. The van der Waals surface area contributed by atoms with E-state index in [1.807, 2.05) is 6.07 Å². The molecule has 2 atom stereocenters. The minimum atomic E-state index is -3.71. The molecule has 12 nitrogen and oxygen atoms in total. The van der Waals surface area contributed by atoms with Crippen molar-refractivity contribution in [3.05, 3.63) is 51.9 Å². The van der Waals surface area contributed by atoms with Crippen molar-refractivity contribution in [3.63, 3.8) is 0 Å². The van der Waals surface area contributed by atoms with Crippen molar-refractivity contribution in [1.82, 2.24) is 19.4 Å². The van der Waals surface area contributed by atoms with Crippen LogP contribution >= 0.6 is 11.6 Å². The van der Waals surface area contributed by atoms with Crippen molar-refractivity contribution >= 4 is 39.3 Å². The Balaban J connectivity index is 1.34. The van der Waals surface area contributed by atoms with Gasteiger partial charge in [-0.05, 0) is 52.2 Å². The SMILES string of the molecule is CC(C)(C)OC(=O)N[C@@H]1CCOC[C@@H]1CNc1cnn(C2CCN(S(=O)(=O)Nc3ccccc3)CC2)c(=O)c1Cl. The number of aromatic nitrogens is 2. The van der Waals surface area contributed by atoms with Gasteiger partial charge in [0.25, 0.3) is 5.56 Å². The summed E-state index contributed by atoms with van der Waals surface area (Å²) in [7, 11) is -3.71. The van der Waals surface area contributed by atoms with Crippen molar-refractivity contribution in [2.24, 2.45) is 5.92 Å². The molecule has 0 bridgehead atoms. The number of para-hydroxylation sites is 1. The monoisotopic (exact) mass is 596 g/mol. The van der Waals surface area contributed by atoms with Crippen LogP contribution in [0.15, 0.2) is 41.3 Å². The van der Waals surface area contributed by atoms with E-state index in [9.17, 15) is 18.0 Å². The molecule has 0 aliphatic carbocycles. The number of piperidine rings is 1. The summed E-state index contributed by atoms with van der Waals surface area (Å²) in [6.45, 7) is 7.26. The second-order valence-electron chi connectivity index (χ2n) is 11.0. The van der Waals surface area contributed by atoms with Gasteiger partial charge in [0.05, 0.1) is 24.5 Å². The highest BCUT2D eigenvalue weighted by atomic mass is 35.5. The molecule has 0 saturated carbocycles. The quantitative estimate of drug-likeness (QED) is 0.421. The Labute approximate surface area is 239 Å². The third-order valence-corrected chi connectivity index (χ3v) is 8.71. The highest BCUT2D eigenvalue weighted by Crippen LogP contribution is 2.26. The molecule has 14 heteroatoms. The highest BCUT2D eigenvalue weighted by molar-refractivity contribution is 7.90. The summed E-state index contributed by atoms with van der Waals surface area (Å²) in [6, 6.07) is 8.25. The molecule has 220 valence electrons. The van der Waals surface area contributed by atoms with Gasteiger partial charge >= 0.3 is 16.3 Å². The summed E-state index contributed by atoms with van der Waals surface area (Å²) in [6.07, 6.45) is 2.49. The zero-order chi connectivity index (χ0) is 28.9. The minimum Gasteiger partial charge on any atom is -0.444 e. The summed E-state index contributed by atoms with van der Waals surface area (Å²) in [5, 5.41) is 10.4. The van der Waals surface area contributed by atoms with E-state index in [2.05, 4.69) is 20.5 Å². The number of anilines is 2. The number of hydrogen-bond donors (Lipinski definition) is 3. The van der Waals surface area contributed by atoms with Gasteiger partial charge in [0.2, 0.25) is 0 Å². The first-order chi connectivity index (χ1) is 18.9. The number of amides is 1. The van der Waals surface area contributed by atoms with Gasteiger partial charge in [0.15, 0.2) is 0 Å². The molecule has 0 radical (unpaired) electrons. The number of alkyl carbamates (subject to hydrolysis) is 1. The van der Waals surface area contributed by atoms with Gasteiger partial charge in [-0.25, -0.2) is 9.48 Å². The lowest BCUT2D eigenvalue weighted by Crippen LogP contribution is -2.49. The molecule has 3 N–H and O–H groups in total. The Morgan fingerprint density at radius 2 is 1.88 bits per heavy atom. The van der Waals surface area contributed by atoms with E-state index in [1.165, 1.54) is 15.2 Å². The predicted octanol–water partition coefficient (Wildman–Crippen LogP) is 3.23. The highest BCUT2D eigenvalue weighted by Gasteiger charge is 2.31. The van der Waals surface area contributed by atoms with E-state index in [4.69, 9.17) is 21.1 Å². The summed E-state index contributed by atoms with van der Waals surface area (Å²) >= 11 is 6.45. The zero-order valence-corrected chi connectivity index (χ0v) is 24.5. The molecule has 2 aliphatic heterocycles. The number of hydrogen-bond acceptors (Lipinski definition) is 8. The molecule has 0 spiro atoms. The normalized spacial score (nSPS) is 21.0. The first-order valence-electron chi connectivity index (χ1n) is 13.3. The lowest BCUT2D eigenvalue weighted by atomic mass is 9.95. The van der Waals surface area contributed by atoms with Crippen LogP contribution in [-0.2, 0) is 19.7 Å². The van der Waals surface area contributed by atoms with Crippen molar-refractivity contribution < 1.29 is 22.7 Å². The third kappa shape index (κ3) is 7.87. The topological polar surface area (TPSA) is 144 Å². The molecule has 1 aromatic heterocycles. The van der Waals surface area contributed by atoms with Gasteiger partial charge in [0.1, 0.15) is 10.6 Å². The number of carbonyl (C=O) groups is 1. The van der Waals surface area contributed by atoms with Crippen LogP contribution < -0.4 is 20.9 Å². The molecule has 3 heterocycles. The second kappa shape index (κ2) is 12.8. The molecule has 2 aliphatic rings. The largest absolute Gasteiger partial charge is 0.444 e. The lowest BCUT2D eigenvalue weighted by Gasteiger charge is -2.33. The van der Waals surface area contributed by atoms with Crippen LogP contribution in [-0.4, -0.2) is 73.1 Å². The van der Waals surface area contributed by atoms with Crippen LogP contribution in [0, 0.1) is 5.92 Å².